The molecule has 5 N–H and O–H groups in total. The summed E-state index contributed by atoms with van der Waals surface area (Å²) in [4.78, 5) is 16.1. The van der Waals surface area contributed by atoms with Crippen molar-refractivity contribution in [2.24, 2.45) is 10.9 Å². The molecule has 7 nitrogen and oxygen atoms in total. The van der Waals surface area contributed by atoms with E-state index in [1.807, 2.05) is 0 Å². The first-order valence-corrected chi connectivity index (χ1v) is 4.33. The number of imidazole rings is 1. The predicted octanol–water partition coefficient (Wildman–Crippen LogP) is -1.84. The van der Waals surface area contributed by atoms with Crippen LogP contribution in [0.3, 0.4) is 0 Å². The van der Waals surface area contributed by atoms with Crippen molar-refractivity contribution < 1.29 is 13.2 Å². The van der Waals surface area contributed by atoms with E-state index in [-0.39, 0.29) is 5.69 Å². The van der Waals surface area contributed by atoms with Gasteiger partial charge < -0.3 is 10.7 Å². The molecule has 1 aromatic heterocycles. The van der Waals surface area contributed by atoms with Gasteiger partial charge in [-0.3, -0.25) is 4.79 Å². The molecule has 0 fully saturated rings. The van der Waals surface area contributed by atoms with Crippen LogP contribution < -0.4 is 10.9 Å². The molecule has 8 heteroatoms. The minimum Gasteiger partial charge on any atom is -0.364 e. The molecule has 0 saturated carbocycles. The highest BCUT2D eigenvalue weighted by atomic mass is 32.2. The summed E-state index contributed by atoms with van der Waals surface area (Å²) in [6, 6.07) is 0. The van der Waals surface area contributed by atoms with Gasteiger partial charge in [-0.15, -0.1) is 0 Å². The van der Waals surface area contributed by atoms with Crippen molar-refractivity contribution in [3.8, 4) is 0 Å². The lowest BCUT2D eigenvalue weighted by molar-refractivity contribution is 0.0992. The second-order valence-electron chi connectivity index (χ2n) is 1.99. The Bertz CT molecular complexity index is 406. The van der Waals surface area contributed by atoms with Gasteiger partial charge >= 0.3 is 0 Å². The molecule has 0 atom stereocenters. The van der Waals surface area contributed by atoms with E-state index in [4.69, 9.17) is 10.9 Å². The van der Waals surface area contributed by atoms with Gasteiger partial charge in [-0.25, -0.2) is 18.5 Å². The van der Waals surface area contributed by atoms with Crippen molar-refractivity contribution in [2.75, 3.05) is 0 Å². The third kappa shape index (κ3) is 1.43. The Morgan fingerprint density at radius 3 is 2.50 bits per heavy atom. The van der Waals surface area contributed by atoms with E-state index in [1.54, 1.807) is 0 Å². The number of aromatic amines is 1. The first kappa shape index (κ1) is 8.68. The molecule has 0 aromatic carbocycles. The van der Waals surface area contributed by atoms with Crippen LogP contribution in [0.25, 0.3) is 0 Å². The quantitative estimate of drug-likeness (QED) is 0.505. The Hall–Kier alpha value is -1.41. The van der Waals surface area contributed by atoms with Gasteiger partial charge in [-0.05, 0) is 0 Å². The van der Waals surface area contributed by atoms with Gasteiger partial charge in [-0.1, -0.05) is 0 Å². The minimum absolute atomic E-state index is 0.377. The normalized spacial score (nSPS) is 11.4. The highest BCUT2D eigenvalue weighted by Crippen LogP contribution is 2.06. The van der Waals surface area contributed by atoms with Gasteiger partial charge in [-0.2, -0.15) is 0 Å². The van der Waals surface area contributed by atoms with E-state index in [0.29, 0.717) is 0 Å². The molecule has 1 aromatic rings. The van der Waals surface area contributed by atoms with Gasteiger partial charge in [0.15, 0.2) is 10.7 Å². The number of rotatable bonds is 2. The lowest BCUT2D eigenvalue weighted by Crippen LogP contribution is -2.20. The van der Waals surface area contributed by atoms with Crippen LogP contribution in [-0.4, -0.2) is 24.3 Å². The molecular formula is C4H6N4O3S. The van der Waals surface area contributed by atoms with Crippen LogP contribution in [0, 0.1) is 0 Å². The summed E-state index contributed by atoms with van der Waals surface area (Å²) in [7, 11) is -3.95. The van der Waals surface area contributed by atoms with E-state index < -0.39 is 21.0 Å². The van der Waals surface area contributed by atoms with E-state index >= 15 is 0 Å². The average Bonchev–Trinajstić information content (AvgIpc) is 2.30. The zero-order valence-corrected chi connectivity index (χ0v) is 6.63. The summed E-state index contributed by atoms with van der Waals surface area (Å²) in [6.45, 7) is 0. The Morgan fingerprint density at radius 1 is 1.58 bits per heavy atom. The van der Waals surface area contributed by atoms with Crippen LogP contribution >= 0.6 is 0 Å². The van der Waals surface area contributed by atoms with E-state index in [9.17, 15) is 13.2 Å². The van der Waals surface area contributed by atoms with Crippen molar-refractivity contribution in [2.45, 2.75) is 5.03 Å². The van der Waals surface area contributed by atoms with Crippen molar-refractivity contribution in [3.63, 3.8) is 0 Å². The highest BCUT2D eigenvalue weighted by Gasteiger charge is 2.19. The highest BCUT2D eigenvalue weighted by molar-refractivity contribution is 7.89. The number of hydrogen-bond acceptors (Lipinski definition) is 4. The molecule has 0 unspecified atom stereocenters. The SMILES string of the molecule is NC(=O)c1nc[nH]c1S(N)(=O)=O. The summed E-state index contributed by atoms with van der Waals surface area (Å²) in [6.07, 6.45) is 1.03. The fraction of sp³-hybridized carbons (Fsp3) is 0. The fourth-order valence-electron chi connectivity index (χ4n) is 0.675. The van der Waals surface area contributed by atoms with E-state index in [0.717, 1.165) is 6.33 Å². The number of nitrogens with zero attached hydrogens (tertiary/aromatic N) is 1. The second kappa shape index (κ2) is 2.57. The third-order valence-electron chi connectivity index (χ3n) is 1.12. The van der Waals surface area contributed by atoms with Crippen molar-refractivity contribution >= 4 is 15.9 Å². The molecule has 1 rings (SSSR count). The zero-order valence-electron chi connectivity index (χ0n) is 5.81. The molecule has 0 aliphatic carbocycles. The molecule has 0 spiro atoms. The first-order chi connectivity index (χ1) is 5.43. The predicted molar refractivity (Wildman–Crippen MR) is 38.5 cm³/mol. The van der Waals surface area contributed by atoms with Gasteiger partial charge in [0.1, 0.15) is 0 Å². The number of sulfonamides is 1. The number of H-pyrrole nitrogens is 1. The summed E-state index contributed by atoms with van der Waals surface area (Å²) >= 11 is 0. The topological polar surface area (TPSA) is 132 Å². The molecule has 0 bridgehead atoms. The largest absolute Gasteiger partial charge is 0.364 e. The standard InChI is InChI=1S/C4H6N4O3S/c5-3(9)2-4(8-1-7-2)12(6,10)11/h1H,(H2,5,9)(H,7,8)(H2,6,10,11). The Kier molecular flexibility index (Phi) is 1.86. The van der Waals surface area contributed by atoms with Gasteiger partial charge in [0.05, 0.1) is 6.33 Å². The maximum absolute atomic E-state index is 10.7. The third-order valence-corrected chi connectivity index (χ3v) is 2.00. The van der Waals surface area contributed by atoms with Gasteiger partial charge in [0.2, 0.25) is 0 Å². The number of nitrogens with two attached hydrogens (primary N) is 2. The molecule has 1 heterocycles. The van der Waals surface area contributed by atoms with Gasteiger partial charge in [0.25, 0.3) is 15.9 Å². The van der Waals surface area contributed by atoms with Crippen LogP contribution in [0.2, 0.25) is 0 Å². The van der Waals surface area contributed by atoms with Crippen molar-refractivity contribution in [1.29, 1.82) is 0 Å². The Labute approximate surface area is 67.8 Å². The van der Waals surface area contributed by atoms with Gasteiger partial charge in [0, 0.05) is 0 Å². The van der Waals surface area contributed by atoms with Crippen molar-refractivity contribution in [3.05, 3.63) is 12.0 Å². The van der Waals surface area contributed by atoms with Crippen LogP contribution in [-0.2, 0) is 10.0 Å². The number of primary sulfonamides is 1. The average molecular weight is 190 g/mol. The van der Waals surface area contributed by atoms with Crippen LogP contribution in [0.15, 0.2) is 11.4 Å². The second-order valence-corrected chi connectivity index (χ2v) is 3.49. The number of primary amides is 1. The molecule has 1 amide bonds. The Morgan fingerprint density at radius 2 is 2.17 bits per heavy atom. The fourth-order valence-corrected chi connectivity index (χ4v) is 1.31. The number of aromatic nitrogens is 2. The summed E-state index contributed by atoms with van der Waals surface area (Å²) in [5.74, 6) is -0.944. The number of hydrogen-bond donors (Lipinski definition) is 3. The minimum atomic E-state index is -3.95. The molecule has 0 radical (unpaired) electrons. The summed E-state index contributed by atoms with van der Waals surface area (Å²) in [5.41, 5.74) is 4.44. The van der Waals surface area contributed by atoms with E-state index in [1.165, 1.54) is 0 Å². The van der Waals surface area contributed by atoms with Crippen LogP contribution in [0.4, 0.5) is 0 Å². The Balaban J connectivity index is 3.36. The smallest absolute Gasteiger partial charge is 0.270 e. The molecule has 0 aliphatic heterocycles. The molecular weight excluding hydrogens is 184 g/mol. The van der Waals surface area contributed by atoms with Crippen LogP contribution in [0.5, 0.6) is 0 Å². The maximum atomic E-state index is 10.7. The molecule has 66 valence electrons. The number of carbonyl (C=O) groups is 1. The lowest BCUT2D eigenvalue weighted by Gasteiger charge is -1.93. The van der Waals surface area contributed by atoms with E-state index in [2.05, 4.69) is 9.97 Å². The molecule has 12 heavy (non-hydrogen) atoms. The molecule has 0 saturated heterocycles. The van der Waals surface area contributed by atoms with Crippen LogP contribution in [0.1, 0.15) is 10.5 Å². The lowest BCUT2D eigenvalue weighted by atomic mass is 10.5. The number of carbonyl (C=O) groups excluding carboxylic acids is 1. The van der Waals surface area contributed by atoms with Crippen molar-refractivity contribution in [1.82, 2.24) is 9.97 Å². The summed E-state index contributed by atoms with van der Waals surface area (Å²) in [5, 5.41) is 4.27. The monoisotopic (exact) mass is 190 g/mol. The number of amides is 1. The zero-order chi connectivity index (χ0) is 9.35. The molecule has 0 aliphatic rings. The maximum Gasteiger partial charge on any atom is 0.270 e. The number of nitrogens with one attached hydrogen (secondary N) is 1. The summed E-state index contributed by atoms with van der Waals surface area (Å²) < 4.78 is 21.4. The first-order valence-electron chi connectivity index (χ1n) is 2.79.